The maximum Gasteiger partial charge on any atom is 0.125 e. The minimum atomic E-state index is -0.0659. The summed E-state index contributed by atoms with van der Waals surface area (Å²) in [4.78, 5) is 0. The summed E-state index contributed by atoms with van der Waals surface area (Å²) in [6, 6.07) is 5.41. The van der Waals surface area contributed by atoms with Gasteiger partial charge in [-0.25, -0.2) is 0 Å². The van der Waals surface area contributed by atoms with E-state index >= 15 is 0 Å². The van der Waals surface area contributed by atoms with Crippen LogP contribution >= 0.6 is 27.5 Å². The predicted octanol–water partition coefficient (Wildman–Crippen LogP) is 3.07. The first-order valence-electron chi connectivity index (χ1n) is 3.99. The number of ether oxygens (including phenoxy) is 1. The van der Waals surface area contributed by atoms with E-state index in [-0.39, 0.29) is 13.2 Å². The molecule has 1 rings (SSSR count). The lowest BCUT2D eigenvalue weighted by atomic mass is 10.2. The molecule has 4 heteroatoms. The standard InChI is InChI=1S/C10H10BrClO2/c1-7(12)6-14-10-3-2-9(11)4-8(10)5-13/h2-4,13H,1,5-6H2. The zero-order valence-electron chi connectivity index (χ0n) is 7.46. The number of aliphatic hydroxyl groups excluding tert-OH is 1. The molecular weight excluding hydrogens is 267 g/mol. The molecule has 0 aromatic heterocycles. The van der Waals surface area contributed by atoms with Crippen LogP contribution in [0.5, 0.6) is 5.75 Å². The van der Waals surface area contributed by atoms with E-state index in [1.807, 2.05) is 6.07 Å². The Morgan fingerprint density at radius 2 is 2.29 bits per heavy atom. The number of hydrogen-bond acceptors (Lipinski definition) is 2. The van der Waals surface area contributed by atoms with Crippen LogP contribution in [-0.4, -0.2) is 11.7 Å². The quantitative estimate of drug-likeness (QED) is 0.916. The molecule has 1 aromatic carbocycles. The van der Waals surface area contributed by atoms with Crippen molar-refractivity contribution in [1.82, 2.24) is 0 Å². The molecule has 0 heterocycles. The zero-order chi connectivity index (χ0) is 10.6. The molecule has 0 fully saturated rings. The fourth-order valence-electron chi connectivity index (χ4n) is 0.968. The Morgan fingerprint density at radius 1 is 1.57 bits per heavy atom. The minimum Gasteiger partial charge on any atom is -0.488 e. The van der Waals surface area contributed by atoms with E-state index in [1.165, 1.54) is 0 Å². The summed E-state index contributed by atoms with van der Waals surface area (Å²) in [5, 5.41) is 9.48. The summed E-state index contributed by atoms with van der Waals surface area (Å²) < 4.78 is 6.23. The fraction of sp³-hybridized carbons (Fsp3) is 0.200. The largest absolute Gasteiger partial charge is 0.488 e. The van der Waals surface area contributed by atoms with Crippen LogP contribution in [0.3, 0.4) is 0 Å². The Morgan fingerprint density at radius 3 is 2.86 bits per heavy atom. The molecule has 0 spiro atoms. The third-order valence-electron chi connectivity index (χ3n) is 1.58. The number of benzene rings is 1. The van der Waals surface area contributed by atoms with Crippen molar-refractivity contribution in [2.45, 2.75) is 6.61 Å². The van der Waals surface area contributed by atoms with Gasteiger partial charge in [-0.2, -0.15) is 0 Å². The van der Waals surface area contributed by atoms with Crippen LogP contribution in [0.15, 0.2) is 34.3 Å². The van der Waals surface area contributed by atoms with Gasteiger partial charge in [0.15, 0.2) is 0 Å². The second kappa shape index (κ2) is 5.39. The fourth-order valence-corrected chi connectivity index (χ4v) is 1.43. The van der Waals surface area contributed by atoms with Crippen LogP contribution in [0, 0.1) is 0 Å². The molecule has 0 saturated heterocycles. The topological polar surface area (TPSA) is 29.5 Å². The molecule has 1 aromatic rings. The van der Waals surface area contributed by atoms with E-state index in [9.17, 15) is 0 Å². The first kappa shape index (κ1) is 11.6. The predicted molar refractivity (Wildman–Crippen MR) is 60.6 cm³/mol. The maximum atomic E-state index is 9.05. The highest BCUT2D eigenvalue weighted by Gasteiger charge is 2.03. The molecule has 0 aliphatic heterocycles. The average molecular weight is 278 g/mol. The van der Waals surface area contributed by atoms with Gasteiger partial charge in [0.25, 0.3) is 0 Å². The molecule has 0 atom stereocenters. The van der Waals surface area contributed by atoms with E-state index in [4.69, 9.17) is 21.4 Å². The van der Waals surface area contributed by atoms with Gasteiger partial charge in [0.2, 0.25) is 0 Å². The molecule has 0 unspecified atom stereocenters. The SMILES string of the molecule is C=C(Cl)COc1ccc(Br)cc1CO. The summed E-state index contributed by atoms with van der Waals surface area (Å²) in [5.74, 6) is 0.623. The molecule has 0 amide bonds. The van der Waals surface area contributed by atoms with Gasteiger partial charge in [-0.1, -0.05) is 34.1 Å². The minimum absolute atomic E-state index is 0.0659. The van der Waals surface area contributed by atoms with Crippen molar-refractivity contribution in [2.24, 2.45) is 0 Å². The highest BCUT2D eigenvalue weighted by atomic mass is 79.9. The number of rotatable bonds is 4. The molecule has 0 saturated carbocycles. The molecule has 0 aliphatic carbocycles. The van der Waals surface area contributed by atoms with Gasteiger partial charge >= 0.3 is 0 Å². The second-order valence-corrected chi connectivity index (χ2v) is 4.17. The lowest BCUT2D eigenvalue weighted by Crippen LogP contribution is -1.99. The van der Waals surface area contributed by atoms with Crippen LogP contribution in [0.25, 0.3) is 0 Å². The smallest absolute Gasteiger partial charge is 0.125 e. The van der Waals surface area contributed by atoms with Crippen molar-refractivity contribution in [1.29, 1.82) is 0 Å². The van der Waals surface area contributed by atoms with E-state index in [0.29, 0.717) is 10.8 Å². The van der Waals surface area contributed by atoms with E-state index in [0.717, 1.165) is 10.0 Å². The van der Waals surface area contributed by atoms with E-state index in [1.54, 1.807) is 12.1 Å². The Bertz CT molecular complexity index is 339. The highest BCUT2D eigenvalue weighted by molar-refractivity contribution is 9.10. The van der Waals surface area contributed by atoms with E-state index in [2.05, 4.69) is 22.5 Å². The van der Waals surface area contributed by atoms with Gasteiger partial charge in [-0.3, -0.25) is 0 Å². The Labute approximate surface area is 96.3 Å². The Balaban J connectivity index is 2.80. The Hall–Kier alpha value is -0.510. The van der Waals surface area contributed by atoms with Gasteiger partial charge < -0.3 is 9.84 Å². The van der Waals surface area contributed by atoms with Gasteiger partial charge in [0.05, 0.1) is 6.61 Å². The summed E-state index contributed by atoms with van der Waals surface area (Å²) in [5.41, 5.74) is 0.720. The lowest BCUT2D eigenvalue weighted by Gasteiger charge is -2.09. The molecule has 0 aliphatic rings. The molecule has 14 heavy (non-hydrogen) atoms. The number of halogens is 2. The summed E-state index contributed by atoms with van der Waals surface area (Å²) in [7, 11) is 0. The average Bonchev–Trinajstić information content (AvgIpc) is 2.15. The normalized spacial score (nSPS) is 9.93. The molecule has 1 N–H and O–H groups in total. The van der Waals surface area contributed by atoms with Crippen molar-refractivity contribution in [3.63, 3.8) is 0 Å². The molecule has 0 bridgehead atoms. The Kier molecular flexibility index (Phi) is 4.45. The van der Waals surface area contributed by atoms with Crippen molar-refractivity contribution in [3.05, 3.63) is 39.8 Å². The molecule has 76 valence electrons. The van der Waals surface area contributed by atoms with Crippen molar-refractivity contribution in [3.8, 4) is 5.75 Å². The summed E-state index contributed by atoms with van der Waals surface area (Å²) >= 11 is 8.87. The van der Waals surface area contributed by atoms with Gasteiger partial charge in [-0.15, -0.1) is 0 Å². The maximum absolute atomic E-state index is 9.05. The first-order valence-corrected chi connectivity index (χ1v) is 5.16. The van der Waals surface area contributed by atoms with Crippen LogP contribution in [0.1, 0.15) is 5.56 Å². The second-order valence-electron chi connectivity index (χ2n) is 2.72. The third kappa shape index (κ3) is 3.33. The van der Waals surface area contributed by atoms with Crippen molar-refractivity contribution in [2.75, 3.05) is 6.61 Å². The van der Waals surface area contributed by atoms with Crippen LogP contribution < -0.4 is 4.74 Å². The first-order chi connectivity index (χ1) is 6.63. The molecular formula is C10H10BrClO2. The van der Waals surface area contributed by atoms with Gasteiger partial charge in [0, 0.05) is 15.1 Å². The van der Waals surface area contributed by atoms with Crippen LogP contribution in [-0.2, 0) is 6.61 Å². The summed E-state index contributed by atoms with van der Waals surface area (Å²) in [6.45, 7) is 3.69. The van der Waals surface area contributed by atoms with Crippen LogP contribution in [0.2, 0.25) is 0 Å². The number of hydrogen-bond donors (Lipinski definition) is 1. The monoisotopic (exact) mass is 276 g/mol. The van der Waals surface area contributed by atoms with Gasteiger partial charge in [-0.05, 0) is 18.2 Å². The summed E-state index contributed by atoms with van der Waals surface area (Å²) in [6.07, 6.45) is 0. The highest BCUT2D eigenvalue weighted by Crippen LogP contribution is 2.23. The van der Waals surface area contributed by atoms with E-state index < -0.39 is 0 Å². The lowest BCUT2D eigenvalue weighted by molar-refractivity contribution is 0.269. The van der Waals surface area contributed by atoms with Crippen molar-refractivity contribution >= 4 is 27.5 Å². The third-order valence-corrected chi connectivity index (χ3v) is 2.18. The van der Waals surface area contributed by atoms with Gasteiger partial charge in [0.1, 0.15) is 12.4 Å². The molecule has 2 nitrogen and oxygen atoms in total. The van der Waals surface area contributed by atoms with Crippen LogP contribution in [0.4, 0.5) is 0 Å². The van der Waals surface area contributed by atoms with Crippen molar-refractivity contribution < 1.29 is 9.84 Å². The number of aliphatic hydroxyl groups is 1. The zero-order valence-corrected chi connectivity index (χ0v) is 9.81. The molecule has 0 radical (unpaired) electrons.